The standard InChI is InChI=1S/C19H22N2/c1-21-15-9-8-14-18(21)20-19(16-10-4-2-5-11-16)17-12-6-3-7-13-17/h2-7,10-13,19H,8-9,14-15H2,1H3/b20-18-. The summed E-state index contributed by atoms with van der Waals surface area (Å²) in [6.45, 7) is 1.12. The molecule has 2 aromatic carbocycles. The van der Waals surface area contributed by atoms with Gasteiger partial charge in [0.2, 0.25) is 0 Å². The van der Waals surface area contributed by atoms with Gasteiger partial charge in [-0.2, -0.15) is 0 Å². The zero-order valence-corrected chi connectivity index (χ0v) is 12.6. The van der Waals surface area contributed by atoms with E-state index in [1.807, 2.05) is 0 Å². The van der Waals surface area contributed by atoms with Crippen molar-refractivity contribution in [3.05, 3.63) is 71.8 Å². The number of hydrogen-bond donors (Lipinski definition) is 0. The summed E-state index contributed by atoms with van der Waals surface area (Å²) in [6, 6.07) is 21.3. The van der Waals surface area contributed by atoms with Gasteiger partial charge in [-0.3, -0.25) is 4.99 Å². The maximum Gasteiger partial charge on any atom is 0.102 e. The quantitative estimate of drug-likeness (QED) is 0.817. The fraction of sp³-hybridized carbons (Fsp3) is 0.316. The molecule has 0 saturated carbocycles. The molecule has 1 aliphatic heterocycles. The fourth-order valence-electron chi connectivity index (χ4n) is 2.88. The van der Waals surface area contributed by atoms with E-state index in [0.29, 0.717) is 0 Å². The third-order valence-corrected chi connectivity index (χ3v) is 4.09. The van der Waals surface area contributed by atoms with E-state index in [-0.39, 0.29) is 6.04 Å². The van der Waals surface area contributed by atoms with Crippen molar-refractivity contribution in [1.29, 1.82) is 0 Å². The van der Waals surface area contributed by atoms with Gasteiger partial charge in [-0.1, -0.05) is 60.7 Å². The molecule has 0 N–H and O–H groups in total. The molecule has 2 aromatic rings. The maximum atomic E-state index is 5.10. The minimum absolute atomic E-state index is 0.1000. The van der Waals surface area contributed by atoms with E-state index in [4.69, 9.17) is 4.99 Å². The molecular formula is C19H22N2. The molecular weight excluding hydrogens is 256 g/mol. The van der Waals surface area contributed by atoms with Crippen LogP contribution in [0.1, 0.15) is 36.4 Å². The molecule has 0 spiro atoms. The Labute approximate surface area is 127 Å². The van der Waals surface area contributed by atoms with Crippen molar-refractivity contribution in [3.63, 3.8) is 0 Å². The molecule has 1 saturated heterocycles. The first kappa shape index (κ1) is 13.9. The van der Waals surface area contributed by atoms with Crippen molar-refractivity contribution in [2.24, 2.45) is 4.99 Å². The van der Waals surface area contributed by atoms with Gasteiger partial charge in [0.25, 0.3) is 0 Å². The van der Waals surface area contributed by atoms with Crippen molar-refractivity contribution in [3.8, 4) is 0 Å². The molecule has 0 radical (unpaired) electrons. The summed E-state index contributed by atoms with van der Waals surface area (Å²) in [5.74, 6) is 1.24. The SMILES string of the molecule is CN1CCCC/C1=N/C(c1ccccc1)c1ccccc1. The molecule has 2 nitrogen and oxygen atoms in total. The molecule has 0 unspecified atom stereocenters. The van der Waals surface area contributed by atoms with E-state index in [2.05, 4.69) is 72.6 Å². The van der Waals surface area contributed by atoms with Crippen molar-refractivity contribution in [2.45, 2.75) is 25.3 Å². The van der Waals surface area contributed by atoms with Crippen LogP contribution in [-0.4, -0.2) is 24.3 Å². The van der Waals surface area contributed by atoms with Gasteiger partial charge in [0.05, 0.1) is 5.84 Å². The molecule has 0 amide bonds. The van der Waals surface area contributed by atoms with Crippen molar-refractivity contribution in [1.82, 2.24) is 4.90 Å². The average molecular weight is 278 g/mol. The lowest BCUT2D eigenvalue weighted by Crippen LogP contribution is -2.32. The first-order valence-electron chi connectivity index (χ1n) is 7.72. The third-order valence-electron chi connectivity index (χ3n) is 4.09. The van der Waals surface area contributed by atoms with E-state index >= 15 is 0 Å². The third kappa shape index (κ3) is 3.33. The topological polar surface area (TPSA) is 15.6 Å². The van der Waals surface area contributed by atoms with Crippen LogP contribution in [0.2, 0.25) is 0 Å². The second kappa shape index (κ2) is 6.57. The number of likely N-dealkylation sites (tertiary alicyclic amines) is 1. The van der Waals surface area contributed by atoms with Gasteiger partial charge in [-0.05, 0) is 24.0 Å². The van der Waals surface area contributed by atoms with Crippen LogP contribution in [0.3, 0.4) is 0 Å². The molecule has 1 aliphatic rings. The van der Waals surface area contributed by atoms with Crippen molar-refractivity contribution >= 4 is 5.84 Å². The Kier molecular flexibility index (Phi) is 4.34. The summed E-state index contributed by atoms with van der Waals surface area (Å²) in [5.41, 5.74) is 2.52. The van der Waals surface area contributed by atoms with Crippen LogP contribution in [0.5, 0.6) is 0 Å². The monoisotopic (exact) mass is 278 g/mol. The van der Waals surface area contributed by atoms with Gasteiger partial charge >= 0.3 is 0 Å². The minimum Gasteiger partial charge on any atom is -0.363 e. The summed E-state index contributed by atoms with van der Waals surface area (Å²) >= 11 is 0. The average Bonchev–Trinajstić information content (AvgIpc) is 2.56. The smallest absolute Gasteiger partial charge is 0.102 e. The summed E-state index contributed by atoms with van der Waals surface area (Å²) in [4.78, 5) is 7.41. The van der Waals surface area contributed by atoms with E-state index in [0.717, 1.165) is 13.0 Å². The first-order valence-corrected chi connectivity index (χ1v) is 7.72. The van der Waals surface area contributed by atoms with E-state index in [1.165, 1.54) is 29.8 Å². The van der Waals surface area contributed by atoms with Crippen LogP contribution < -0.4 is 0 Å². The Morgan fingerprint density at radius 2 is 1.43 bits per heavy atom. The molecule has 0 aromatic heterocycles. The summed E-state index contributed by atoms with van der Waals surface area (Å²) < 4.78 is 0. The highest BCUT2D eigenvalue weighted by Gasteiger charge is 2.17. The lowest BCUT2D eigenvalue weighted by molar-refractivity contribution is 0.430. The largest absolute Gasteiger partial charge is 0.363 e. The van der Waals surface area contributed by atoms with E-state index < -0.39 is 0 Å². The Hall–Kier alpha value is -2.09. The predicted octanol–water partition coefficient (Wildman–Crippen LogP) is 4.29. The number of aliphatic imine (C=N–C) groups is 1. The molecule has 108 valence electrons. The molecule has 2 heteroatoms. The Morgan fingerprint density at radius 3 is 1.95 bits per heavy atom. The summed E-state index contributed by atoms with van der Waals surface area (Å²) in [6.07, 6.45) is 3.61. The molecule has 0 atom stereocenters. The lowest BCUT2D eigenvalue weighted by Gasteiger charge is -2.28. The highest BCUT2D eigenvalue weighted by atomic mass is 15.2. The van der Waals surface area contributed by atoms with Gasteiger partial charge in [0, 0.05) is 20.0 Å². The molecule has 1 heterocycles. The van der Waals surface area contributed by atoms with Crippen LogP contribution in [0, 0.1) is 0 Å². The highest BCUT2D eigenvalue weighted by Crippen LogP contribution is 2.27. The van der Waals surface area contributed by atoms with Crippen LogP contribution in [0.15, 0.2) is 65.7 Å². The molecule has 1 fully saturated rings. The second-order valence-electron chi connectivity index (χ2n) is 5.65. The molecule has 0 aliphatic carbocycles. The first-order chi connectivity index (χ1) is 10.3. The van der Waals surface area contributed by atoms with Gasteiger partial charge in [-0.15, -0.1) is 0 Å². The normalized spacial score (nSPS) is 17.4. The van der Waals surface area contributed by atoms with Gasteiger partial charge in [-0.25, -0.2) is 0 Å². The Balaban J connectivity index is 1.99. The van der Waals surface area contributed by atoms with Crippen molar-refractivity contribution < 1.29 is 0 Å². The summed E-state index contributed by atoms with van der Waals surface area (Å²) in [7, 11) is 2.16. The predicted molar refractivity (Wildman–Crippen MR) is 88.6 cm³/mol. The molecule has 3 rings (SSSR count). The van der Waals surface area contributed by atoms with Gasteiger partial charge < -0.3 is 4.90 Å². The second-order valence-corrected chi connectivity index (χ2v) is 5.65. The number of benzene rings is 2. The van der Waals surface area contributed by atoms with Gasteiger partial charge in [0.15, 0.2) is 0 Å². The minimum atomic E-state index is 0.1000. The number of amidine groups is 1. The van der Waals surface area contributed by atoms with E-state index in [1.54, 1.807) is 0 Å². The van der Waals surface area contributed by atoms with Crippen molar-refractivity contribution in [2.75, 3.05) is 13.6 Å². The number of piperidine rings is 1. The van der Waals surface area contributed by atoms with Crippen LogP contribution >= 0.6 is 0 Å². The van der Waals surface area contributed by atoms with Crippen LogP contribution in [0.4, 0.5) is 0 Å². The van der Waals surface area contributed by atoms with E-state index in [9.17, 15) is 0 Å². The molecule has 21 heavy (non-hydrogen) atoms. The number of nitrogens with zero attached hydrogens (tertiary/aromatic N) is 2. The van der Waals surface area contributed by atoms with Gasteiger partial charge in [0.1, 0.15) is 6.04 Å². The molecule has 0 bridgehead atoms. The number of rotatable bonds is 3. The van der Waals surface area contributed by atoms with Crippen LogP contribution in [0.25, 0.3) is 0 Å². The van der Waals surface area contributed by atoms with Crippen LogP contribution in [-0.2, 0) is 0 Å². The highest BCUT2D eigenvalue weighted by molar-refractivity contribution is 5.83. The summed E-state index contributed by atoms with van der Waals surface area (Å²) in [5, 5.41) is 0. The number of hydrogen-bond acceptors (Lipinski definition) is 1. The fourth-order valence-corrected chi connectivity index (χ4v) is 2.88. The zero-order chi connectivity index (χ0) is 14.5. The zero-order valence-electron chi connectivity index (χ0n) is 12.6. The maximum absolute atomic E-state index is 5.10. The lowest BCUT2D eigenvalue weighted by atomic mass is 9.99. The Morgan fingerprint density at radius 1 is 0.857 bits per heavy atom. The Bertz CT molecular complexity index is 550.